The van der Waals surface area contributed by atoms with Crippen LogP contribution in [0.1, 0.15) is 18.4 Å². The summed E-state index contributed by atoms with van der Waals surface area (Å²) in [6, 6.07) is 4.62. The van der Waals surface area contributed by atoms with Crippen LogP contribution in [0.15, 0.2) is 28.8 Å². The van der Waals surface area contributed by atoms with Gasteiger partial charge in [0, 0.05) is 12.1 Å². The molecule has 114 valence electrons. The lowest BCUT2D eigenvalue weighted by Gasteiger charge is -2.17. The number of rotatable bonds is 4. The zero-order valence-corrected chi connectivity index (χ0v) is 11.2. The van der Waals surface area contributed by atoms with Gasteiger partial charge < -0.3 is 15.4 Å². The van der Waals surface area contributed by atoms with Crippen LogP contribution < -0.4 is 5.73 Å². The molecule has 5 nitrogen and oxygen atoms in total. The maximum atomic E-state index is 12.6. The van der Waals surface area contributed by atoms with E-state index in [0.29, 0.717) is 0 Å². The molecule has 0 aliphatic rings. The molecule has 0 fully saturated rings. The maximum Gasteiger partial charge on any atom is 0.416 e. The normalized spacial score (nSPS) is 15.0. The molecule has 2 aromatic rings. The Balaban J connectivity index is 2.26. The van der Waals surface area contributed by atoms with E-state index in [0.717, 1.165) is 12.1 Å². The van der Waals surface area contributed by atoms with E-state index in [1.807, 2.05) is 0 Å². The summed E-state index contributed by atoms with van der Waals surface area (Å²) in [6.07, 6.45) is -4.42. The van der Waals surface area contributed by atoms with Crippen molar-refractivity contribution in [2.24, 2.45) is 5.73 Å². The lowest BCUT2D eigenvalue weighted by atomic mass is 10.0. The molecule has 3 N–H and O–H groups in total. The van der Waals surface area contributed by atoms with Crippen molar-refractivity contribution in [2.45, 2.75) is 25.1 Å². The largest absolute Gasteiger partial charge is 0.416 e. The zero-order valence-electron chi connectivity index (χ0n) is 11.2. The van der Waals surface area contributed by atoms with Gasteiger partial charge in [0.15, 0.2) is 0 Å². The fraction of sp³-hybridized carbons (Fsp3) is 0.385. The molecular weight excluding hydrogens is 287 g/mol. The average molecular weight is 301 g/mol. The van der Waals surface area contributed by atoms with E-state index in [-0.39, 0.29) is 30.2 Å². The van der Waals surface area contributed by atoms with Gasteiger partial charge in [-0.15, -0.1) is 0 Å². The van der Waals surface area contributed by atoms with Gasteiger partial charge in [-0.1, -0.05) is 17.3 Å². The first kappa shape index (κ1) is 15.5. The molecule has 0 radical (unpaired) electrons. The molecule has 0 aliphatic carbocycles. The Kier molecular flexibility index (Phi) is 4.02. The van der Waals surface area contributed by atoms with Gasteiger partial charge in [0.25, 0.3) is 0 Å². The Hall–Kier alpha value is -1.93. The fourth-order valence-electron chi connectivity index (χ4n) is 1.68. The van der Waals surface area contributed by atoms with Gasteiger partial charge in [-0.3, -0.25) is 0 Å². The third-order valence-electron chi connectivity index (χ3n) is 2.89. The molecule has 8 heteroatoms. The van der Waals surface area contributed by atoms with Gasteiger partial charge in [-0.25, -0.2) is 0 Å². The van der Waals surface area contributed by atoms with E-state index in [2.05, 4.69) is 10.1 Å². The summed E-state index contributed by atoms with van der Waals surface area (Å²) in [7, 11) is 0. The SMILES string of the molecule is CC(O)(CN)Cc1nc(-c2cccc(C(F)(F)F)c2)no1. The van der Waals surface area contributed by atoms with Crippen LogP contribution in [0, 0.1) is 0 Å². The van der Waals surface area contributed by atoms with Crippen molar-refractivity contribution in [3.8, 4) is 11.4 Å². The second-order valence-corrected chi connectivity index (χ2v) is 4.97. The Morgan fingerprint density at radius 1 is 1.33 bits per heavy atom. The predicted molar refractivity (Wildman–Crippen MR) is 68.1 cm³/mol. The van der Waals surface area contributed by atoms with Crippen LogP contribution in [-0.2, 0) is 12.6 Å². The number of aliphatic hydroxyl groups is 1. The van der Waals surface area contributed by atoms with E-state index in [9.17, 15) is 18.3 Å². The molecule has 1 aromatic carbocycles. The molecule has 0 saturated carbocycles. The minimum atomic E-state index is -4.44. The zero-order chi connectivity index (χ0) is 15.7. The minimum Gasteiger partial charge on any atom is -0.388 e. The average Bonchev–Trinajstić information content (AvgIpc) is 2.86. The van der Waals surface area contributed by atoms with E-state index < -0.39 is 17.3 Å². The second-order valence-electron chi connectivity index (χ2n) is 4.97. The molecular formula is C13H14F3N3O2. The third-order valence-corrected chi connectivity index (χ3v) is 2.89. The van der Waals surface area contributed by atoms with Crippen molar-refractivity contribution in [1.29, 1.82) is 0 Å². The fourth-order valence-corrected chi connectivity index (χ4v) is 1.68. The predicted octanol–water partition coefficient (Wildman–Crippen LogP) is 2.01. The minimum absolute atomic E-state index is 0.00568. The van der Waals surface area contributed by atoms with Gasteiger partial charge in [-0.2, -0.15) is 18.2 Å². The molecule has 0 amide bonds. The van der Waals surface area contributed by atoms with Crippen molar-refractivity contribution >= 4 is 0 Å². The molecule has 0 aliphatic heterocycles. The molecule has 1 unspecified atom stereocenters. The second kappa shape index (κ2) is 5.45. The number of alkyl halides is 3. The summed E-state index contributed by atoms with van der Waals surface area (Å²) in [4.78, 5) is 3.98. The van der Waals surface area contributed by atoms with Gasteiger partial charge in [0.05, 0.1) is 17.6 Å². The first-order valence-corrected chi connectivity index (χ1v) is 6.14. The van der Waals surface area contributed by atoms with Crippen molar-refractivity contribution in [2.75, 3.05) is 6.54 Å². The smallest absolute Gasteiger partial charge is 0.388 e. The van der Waals surface area contributed by atoms with E-state index in [1.165, 1.54) is 19.1 Å². The molecule has 1 aromatic heterocycles. The summed E-state index contributed by atoms with van der Waals surface area (Å²) in [5, 5.41) is 13.4. The van der Waals surface area contributed by atoms with Crippen LogP contribution >= 0.6 is 0 Å². The highest BCUT2D eigenvalue weighted by molar-refractivity contribution is 5.55. The van der Waals surface area contributed by atoms with E-state index >= 15 is 0 Å². The maximum absolute atomic E-state index is 12.6. The molecule has 0 bridgehead atoms. The van der Waals surface area contributed by atoms with Crippen LogP contribution in [-0.4, -0.2) is 27.4 Å². The summed E-state index contributed by atoms with van der Waals surface area (Å²) in [5.74, 6) is 0.141. The highest BCUT2D eigenvalue weighted by Gasteiger charge is 2.31. The number of halogens is 3. The monoisotopic (exact) mass is 301 g/mol. The Bertz CT molecular complexity index is 623. The topological polar surface area (TPSA) is 85.2 Å². The first-order chi connectivity index (χ1) is 9.71. The summed E-state index contributed by atoms with van der Waals surface area (Å²) >= 11 is 0. The van der Waals surface area contributed by atoms with Crippen LogP contribution in [0.5, 0.6) is 0 Å². The van der Waals surface area contributed by atoms with Crippen LogP contribution in [0.25, 0.3) is 11.4 Å². The molecule has 0 spiro atoms. The number of nitrogens with zero attached hydrogens (tertiary/aromatic N) is 2. The van der Waals surface area contributed by atoms with Gasteiger partial charge in [0.2, 0.25) is 11.7 Å². The lowest BCUT2D eigenvalue weighted by molar-refractivity contribution is -0.137. The molecule has 0 saturated heterocycles. The van der Waals surface area contributed by atoms with Crippen LogP contribution in [0.3, 0.4) is 0 Å². The number of hydrogen-bond acceptors (Lipinski definition) is 5. The highest BCUT2D eigenvalue weighted by atomic mass is 19.4. The quantitative estimate of drug-likeness (QED) is 0.902. The van der Waals surface area contributed by atoms with Crippen molar-refractivity contribution in [3.63, 3.8) is 0 Å². The Labute approximate surface area is 118 Å². The Morgan fingerprint density at radius 3 is 2.67 bits per heavy atom. The summed E-state index contributed by atoms with van der Waals surface area (Å²) in [5.41, 5.74) is 3.56. The number of aromatic nitrogens is 2. The lowest BCUT2D eigenvalue weighted by Crippen LogP contribution is -2.36. The number of nitrogens with two attached hydrogens (primary N) is 1. The molecule has 1 atom stereocenters. The van der Waals surface area contributed by atoms with Gasteiger partial charge in [-0.05, 0) is 19.1 Å². The van der Waals surface area contributed by atoms with Crippen molar-refractivity contribution in [3.05, 3.63) is 35.7 Å². The summed E-state index contributed by atoms with van der Waals surface area (Å²) < 4.78 is 42.9. The van der Waals surface area contributed by atoms with E-state index in [4.69, 9.17) is 10.3 Å². The van der Waals surface area contributed by atoms with Crippen molar-refractivity contribution < 1.29 is 22.8 Å². The third kappa shape index (κ3) is 3.79. The van der Waals surface area contributed by atoms with Crippen molar-refractivity contribution in [1.82, 2.24) is 10.1 Å². The first-order valence-electron chi connectivity index (χ1n) is 6.14. The molecule has 21 heavy (non-hydrogen) atoms. The highest BCUT2D eigenvalue weighted by Crippen LogP contribution is 2.31. The standard InChI is InChI=1S/C13H14F3N3O2/c1-12(20,7-17)6-10-18-11(19-21-10)8-3-2-4-9(5-8)13(14,15)16/h2-5,20H,6-7,17H2,1H3. The van der Waals surface area contributed by atoms with Gasteiger partial charge >= 0.3 is 6.18 Å². The number of benzene rings is 1. The van der Waals surface area contributed by atoms with Crippen LogP contribution in [0.2, 0.25) is 0 Å². The van der Waals surface area contributed by atoms with E-state index in [1.54, 1.807) is 0 Å². The van der Waals surface area contributed by atoms with Gasteiger partial charge in [0.1, 0.15) is 0 Å². The Morgan fingerprint density at radius 2 is 2.05 bits per heavy atom. The summed E-state index contributed by atoms with van der Waals surface area (Å²) in [6.45, 7) is 1.50. The number of hydrogen-bond donors (Lipinski definition) is 2. The molecule has 1 heterocycles. The molecule has 2 rings (SSSR count). The van der Waals surface area contributed by atoms with Crippen LogP contribution in [0.4, 0.5) is 13.2 Å².